The van der Waals surface area contributed by atoms with Crippen LogP contribution in [-0.4, -0.2) is 41.1 Å². The third-order valence-corrected chi connectivity index (χ3v) is 5.92. The minimum absolute atomic E-state index is 0.0747. The number of benzene rings is 4. The number of carbonyl (C=O) groups is 4. The summed E-state index contributed by atoms with van der Waals surface area (Å²) in [5.74, 6) is -4.65. The van der Waals surface area contributed by atoms with E-state index in [2.05, 4.69) is 15.5 Å². The van der Waals surface area contributed by atoms with Crippen LogP contribution in [0.25, 0.3) is 0 Å². The van der Waals surface area contributed by atoms with E-state index in [0.717, 1.165) is 11.1 Å². The maximum absolute atomic E-state index is 13.4. The molecule has 0 aliphatic heterocycles. The molecule has 0 bridgehead atoms. The summed E-state index contributed by atoms with van der Waals surface area (Å²) in [7, 11) is 0. The molecule has 4 rings (SSSR count). The van der Waals surface area contributed by atoms with Gasteiger partial charge in [0.15, 0.2) is 0 Å². The molecule has 0 radical (unpaired) electrons. The van der Waals surface area contributed by atoms with Gasteiger partial charge in [0.25, 0.3) is 5.91 Å². The molecule has 0 aliphatic carbocycles. The van der Waals surface area contributed by atoms with Crippen LogP contribution in [0.2, 0.25) is 0 Å². The molecule has 10 nitrogen and oxygen atoms in total. The minimum Gasteiger partial charge on any atom is -0.478 e. The zero-order chi connectivity index (χ0) is 30.1. The van der Waals surface area contributed by atoms with Crippen LogP contribution in [0.5, 0.6) is 0 Å². The largest absolute Gasteiger partial charge is 0.478 e. The number of hydrogen-bond donors (Lipinski definition) is 2. The van der Waals surface area contributed by atoms with Crippen molar-refractivity contribution in [3.8, 4) is 0 Å². The Hall–Kier alpha value is -5.64. The Kier molecular flexibility index (Phi) is 9.52. The van der Waals surface area contributed by atoms with E-state index in [1.165, 1.54) is 36.4 Å². The van der Waals surface area contributed by atoms with Gasteiger partial charge in [-0.2, -0.15) is 10.2 Å². The second-order valence-electron chi connectivity index (χ2n) is 9.30. The highest BCUT2D eigenvalue weighted by Crippen LogP contribution is 2.21. The Morgan fingerprint density at radius 1 is 0.643 bits per heavy atom. The molecule has 0 fully saturated rings. The molecule has 0 saturated carbocycles. The lowest BCUT2D eigenvalue weighted by Crippen LogP contribution is -2.48. The predicted octanol–water partition coefficient (Wildman–Crippen LogP) is 6.19. The normalized spacial score (nSPS) is 12.2. The maximum Gasteiger partial charge on any atom is 0.349 e. The van der Waals surface area contributed by atoms with E-state index in [9.17, 15) is 24.3 Å². The highest BCUT2D eigenvalue weighted by molar-refractivity contribution is 6.01. The maximum atomic E-state index is 13.4. The number of carboxylic acids is 1. The number of carbonyl (C=O) groups excluding carboxylic acids is 3. The van der Waals surface area contributed by atoms with Gasteiger partial charge < -0.3 is 19.9 Å². The summed E-state index contributed by atoms with van der Waals surface area (Å²) >= 11 is 0. The number of carboxylic acid groups (broad SMARTS) is 1. The first kappa shape index (κ1) is 29.3. The molecular weight excluding hydrogens is 538 g/mol. The number of aliphatic carboxylic acids is 1. The number of nitrogens with zero attached hydrogens (tertiary/aromatic N) is 2. The van der Waals surface area contributed by atoms with Crippen molar-refractivity contribution in [2.75, 3.05) is 5.32 Å². The van der Waals surface area contributed by atoms with E-state index < -0.39 is 36.0 Å². The smallest absolute Gasteiger partial charge is 0.349 e. The molecule has 1 amide bonds. The van der Waals surface area contributed by atoms with Gasteiger partial charge in [0.2, 0.25) is 12.2 Å². The predicted molar refractivity (Wildman–Crippen MR) is 154 cm³/mol. The number of azo groups is 1. The van der Waals surface area contributed by atoms with Gasteiger partial charge in [0.1, 0.15) is 0 Å². The third-order valence-electron chi connectivity index (χ3n) is 5.92. The third kappa shape index (κ3) is 7.95. The fourth-order valence-electron chi connectivity index (χ4n) is 3.84. The second kappa shape index (κ2) is 13.6. The zero-order valence-corrected chi connectivity index (χ0v) is 22.8. The number of nitrogens with one attached hydrogen (secondary N) is 1. The first-order chi connectivity index (χ1) is 20.2. The Morgan fingerprint density at radius 2 is 1.14 bits per heavy atom. The lowest BCUT2D eigenvalue weighted by Gasteiger charge is -2.23. The number of amides is 1. The van der Waals surface area contributed by atoms with Gasteiger partial charge in [-0.25, -0.2) is 14.4 Å². The van der Waals surface area contributed by atoms with Gasteiger partial charge in [-0.3, -0.25) is 4.79 Å². The quantitative estimate of drug-likeness (QED) is 0.172. The number of esters is 2. The summed E-state index contributed by atoms with van der Waals surface area (Å²) in [5.41, 5.74) is 3.06. The van der Waals surface area contributed by atoms with Crippen molar-refractivity contribution in [1.82, 2.24) is 0 Å². The molecule has 0 aliphatic rings. The van der Waals surface area contributed by atoms with Crippen molar-refractivity contribution in [2.45, 2.75) is 26.1 Å². The molecule has 0 saturated heterocycles. The molecule has 42 heavy (non-hydrogen) atoms. The van der Waals surface area contributed by atoms with Crippen molar-refractivity contribution >= 4 is 40.9 Å². The topological polar surface area (TPSA) is 144 Å². The lowest BCUT2D eigenvalue weighted by atomic mass is 10.1. The zero-order valence-electron chi connectivity index (χ0n) is 22.8. The van der Waals surface area contributed by atoms with Crippen molar-refractivity contribution in [2.24, 2.45) is 10.2 Å². The summed E-state index contributed by atoms with van der Waals surface area (Å²) in [6, 6.07) is 28.0. The van der Waals surface area contributed by atoms with Crippen molar-refractivity contribution in [3.05, 3.63) is 125 Å². The van der Waals surface area contributed by atoms with Crippen LogP contribution in [0.15, 0.2) is 113 Å². The Balaban J connectivity index is 1.57. The summed E-state index contributed by atoms with van der Waals surface area (Å²) in [4.78, 5) is 51.4. The molecular formula is C32H27N3O7. The van der Waals surface area contributed by atoms with E-state index in [-0.39, 0.29) is 16.8 Å². The van der Waals surface area contributed by atoms with Crippen LogP contribution in [-0.2, 0) is 19.1 Å². The van der Waals surface area contributed by atoms with Crippen molar-refractivity contribution in [3.63, 3.8) is 0 Å². The molecule has 0 heterocycles. The van der Waals surface area contributed by atoms with Crippen LogP contribution in [0.4, 0.5) is 17.1 Å². The standard InChI is InChI=1S/C32H27N3O7/c1-20-8-6-10-22(18-20)31(39)41-27(28(30(37)38)42-32(40)23-11-7-9-21(2)19-23)29(36)33-24-14-16-26(17-15-24)35-34-25-12-4-3-5-13-25/h3-19,27-28H,1-2H3,(H,33,36)(H,37,38)/t27-,28+/m0/s1. The van der Waals surface area contributed by atoms with E-state index >= 15 is 0 Å². The monoisotopic (exact) mass is 565 g/mol. The highest BCUT2D eigenvalue weighted by Gasteiger charge is 2.41. The van der Waals surface area contributed by atoms with E-state index in [1.54, 1.807) is 62.4 Å². The van der Waals surface area contributed by atoms with Crippen molar-refractivity contribution < 1.29 is 33.8 Å². The van der Waals surface area contributed by atoms with Gasteiger partial charge in [-0.05, 0) is 74.5 Å². The van der Waals surface area contributed by atoms with E-state index in [4.69, 9.17) is 9.47 Å². The molecule has 0 spiro atoms. The summed E-state index contributed by atoms with van der Waals surface area (Å²) in [5, 5.41) is 20.7. The first-order valence-corrected chi connectivity index (χ1v) is 12.9. The molecule has 0 unspecified atom stereocenters. The fourth-order valence-corrected chi connectivity index (χ4v) is 3.84. The number of aryl methyl sites for hydroxylation is 2. The Morgan fingerprint density at radius 3 is 1.64 bits per heavy atom. The SMILES string of the molecule is Cc1cccc(C(=O)O[C@H](C(=O)Nc2ccc(N=Nc3ccccc3)cc2)[C@@H](OC(=O)c2cccc(C)c2)C(=O)O)c1. The minimum atomic E-state index is -2.15. The van der Waals surface area contributed by atoms with Gasteiger partial charge >= 0.3 is 17.9 Å². The highest BCUT2D eigenvalue weighted by atomic mass is 16.6. The molecule has 10 heteroatoms. The summed E-state index contributed by atoms with van der Waals surface area (Å²) < 4.78 is 10.6. The number of hydrogen-bond acceptors (Lipinski definition) is 8. The number of ether oxygens (including phenoxy) is 2. The Bertz CT molecular complexity index is 1620. The molecule has 4 aromatic carbocycles. The Labute approximate surface area is 241 Å². The van der Waals surface area contributed by atoms with Gasteiger partial charge in [0.05, 0.1) is 22.5 Å². The van der Waals surface area contributed by atoms with Crippen LogP contribution < -0.4 is 5.32 Å². The van der Waals surface area contributed by atoms with Crippen LogP contribution in [0.1, 0.15) is 31.8 Å². The van der Waals surface area contributed by atoms with Crippen molar-refractivity contribution in [1.29, 1.82) is 0 Å². The van der Waals surface area contributed by atoms with E-state index in [0.29, 0.717) is 11.4 Å². The molecule has 2 atom stereocenters. The fraction of sp³-hybridized carbons (Fsp3) is 0.125. The summed E-state index contributed by atoms with van der Waals surface area (Å²) in [6.45, 7) is 3.51. The lowest BCUT2D eigenvalue weighted by molar-refractivity contribution is -0.157. The van der Waals surface area contributed by atoms with Gasteiger partial charge in [-0.1, -0.05) is 53.6 Å². The van der Waals surface area contributed by atoms with E-state index in [1.807, 2.05) is 18.2 Å². The molecule has 2 N–H and O–H groups in total. The molecule has 212 valence electrons. The van der Waals surface area contributed by atoms with Gasteiger partial charge in [-0.15, -0.1) is 0 Å². The first-order valence-electron chi connectivity index (χ1n) is 12.9. The van der Waals surface area contributed by atoms with Crippen LogP contribution in [0.3, 0.4) is 0 Å². The van der Waals surface area contributed by atoms with Gasteiger partial charge in [0, 0.05) is 5.69 Å². The summed E-state index contributed by atoms with van der Waals surface area (Å²) in [6.07, 6.45) is -4.17. The number of rotatable bonds is 10. The number of anilines is 1. The average molecular weight is 566 g/mol. The van der Waals surface area contributed by atoms with Crippen LogP contribution >= 0.6 is 0 Å². The van der Waals surface area contributed by atoms with Crippen LogP contribution in [0, 0.1) is 13.8 Å². The molecule has 0 aromatic heterocycles. The average Bonchev–Trinajstić information content (AvgIpc) is 2.98. The second-order valence-corrected chi connectivity index (χ2v) is 9.30. The molecule has 4 aromatic rings.